The largest absolute Gasteiger partial charge is 0.416 e. The molecule has 4 rings (SSSR count). The fraction of sp³-hybridized carbons (Fsp3) is 0.333. The zero-order valence-corrected chi connectivity index (χ0v) is 16.6. The van der Waals surface area contributed by atoms with E-state index in [0.717, 1.165) is 11.6 Å². The number of rotatable bonds is 3. The molecule has 164 valence electrons. The lowest BCUT2D eigenvalue weighted by Crippen LogP contribution is -2.60. The van der Waals surface area contributed by atoms with Crippen molar-refractivity contribution in [3.8, 4) is 0 Å². The van der Waals surface area contributed by atoms with Crippen molar-refractivity contribution in [1.82, 2.24) is 14.7 Å². The molecule has 3 heterocycles. The van der Waals surface area contributed by atoms with Crippen LogP contribution in [-0.4, -0.2) is 39.2 Å². The first-order valence-electron chi connectivity index (χ1n) is 9.38. The molecule has 6 nitrogen and oxygen atoms in total. The number of hydrogen-bond acceptors (Lipinski definition) is 4. The van der Waals surface area contributed by atoms with Gasteiger partial charge in [0.1, 0.15) is 22.6 Å². The molecule has 1 saturated heterocycles. The number of amides is 1. The van der Waals surface area contributed by atoms with Crippen LogP contribution in [0.25, 0.3) is 5.65 Å². The summed E-state index contributed by atoms with van der Waals surface area (Å²) < 4.78 is 60.8. The summed E-state index contributed by atoms with van der Waals surface area (Å²) >= 11 is 0. The first-order chi connectivity index (χ1) is 14.4. The van der Waals surface area contributed by atoms with Crippen LogP contribution < -0.4 is 5.32 Å². The number of hydrogen-bond donors (Lipinski definition) is 2. The third-order valence-corrected chi connectivity index (χ3v) is 5.57. The molecular formula is C21H19F4N3O3. The number of fused-ring (bicyclic) bond motifs is 1. The Bertz CT molecular complexity index is 1170. The minimum atomic E-state index is -4.74. The van der Waals surface area contributed by atoms with Gasteiger partial charge in [0.25, 0.3) is 5.91 Å². The number of aromatic nitrogens is 2. The Labute approximate surface area is 174 Å². The van der Waals surface area contributed by atoms with Gasteiger partial charge in [-0.2, -0.15) is 13.2 Å². The Hall–Kier alpha value is -2.98. The van der Waals surface area contributed by atoms with Crippen LogP contribution in [0.2, 0.25) is 0 Å². The van der Waals surface area contributed by atoms with E-state index in [1.807, 2.05) is 6.92 Å². The Balaban J connectivity index is 1.78. The van der Waals surface area contributed by atoms with E-state index in [1.54, 1.807) is 23.0 Å². The summed E-state index contributed by atoms with van der Waals surface area (Å²) in [6.07, 6.45) is 0.226. The van der Waals surface area contributed by atoms with Gasteiger partial charge in [0.05, 0.1) is 24.3 Å². The van der Waals surface area contributed by atoms with Gasteiger partial charge in [-0.3, -0.25) is 4.79 Å². The second-order valence-corrected chi connectivity index (χ2v) is 7.91. The number of nitrogens with one attached hydrogen (secondary N) is 1. The first kappa shape index (κ1) is 21.3. The molecule has 1 aliphatic rings. The number of ether oxygens (including phenoxy) is 1. The quantitative estimate of drug-likeness (QED) is 0.617. The van der Waals surface area contributed by atoms with Crippen molar-refractivity contribution in [2.24, 2.45) is 0 Å². The molecule has 10 heteroatoms. The predicted octanol–water partition coefficient (Wildman–Crippen LogP) is 3.21. The van der Waals surface area contributed by atoms with Gasteiger partial charge in [0.2, 0.25) is 0 Å². The van der Waals surface area contributed by atoms with E-state index < -0.39 is 34.6 Å². The van der Waals surface area contributed by atoms with E-state index in [9.17, 15) is 27.5 Å². The molecule has 0 aliphatic carbocycles. The van der Waals surface area contributed by atoms with Crippen molar-refractivity contribution in [3.05, 3.63) is 70.9 Å². The molecule has 2 N–H and O–H groups in total. The summed E-state index contributed by atoms with van der Waals surface area (Å²) in [4.78, 5) is 17.4. The molecular weight excluding hydrogens is 418 g/mol. The Morgan fingerprint density at radius 1 is 1.29 bits per heavy atom. The normalized spacial score (nSPS) is 24.0. The van der Waals surface area contributed by atoms with Gasteiger partial charge in [-0.1, -0.05) is 6.07 Å². The molecule has 0 bridgehead atoms. The lowest BCUT2D eigenvalue weighted by atomic mass is 9.77. The highest BCUT2D eigenvalue weighted by atomic mass is 19.4. The third kappa shape index (κ3) is 3.45. The Kier molecular flexibility index (Phi) is 4.82. The third-order valence-electron chi connectivity index (χ3n) is 5.57. The van der Waals surface area contributed by atoms with E-state index in [4.69, 9.17) is 4.74 Å². The van der Waals surface area contributed by atoms with Gasteiger partial charge in [0, 0.05) is 24.2 Å². The summed E-state index contributed by atoms with van der Waals surface area (Å²) in [5.41, 5.74) is -3.71. The highest BCUT2D eigenvalue weighted by molar-refractivity contribution is 6.00. The topological polar surface area (TPSA) is 75.9 Å². The number of halogens is 4. The lowest BCUT2D eigenvalue weighted by molar-refractivity contribution is -0.137. The standard InChI is InChI=1S/C21H19F4N3O3/c1-12-8-26-17-14(5-6-28(17)9-12)18(29)27-20(11-31-10-19(20,2)30)15-4-3-13(7-16(15)22)21(23,24)25/h3-9,30H,10-11H2,1-2H3,(H,27,29)/t19-,20-/m0/s1. The van der Waals surface area contributed by atoms with Crippen molar-refractivity contribution in [2.45, 2.75) is 31.2 Å². The van der Waals surface area contributed by atoms with Gasteiger partial charge >= 0.3 is 6.18 Å². The number of nitrogens with zero attached hydrogens (tertiary/aromatic N) is 2. The molecule has 1 amide bonds. The van der Waals surface area contributed by atoms with Gasteiger partial charge < -0.3 is 19.6 Å². The van der Waals surface area contributed by atoms with Gasteiger partial charge in [-0.25, -0.2) is 9.37 Å². The average molecular weight is 437 g/mol. The summed E-state index contributed by atoms with van der Waals surface area (Å²) in [7, 11) is 0. The number of carbonyl (C=O) groups excluding carboxylic acids is 1. The molecule has 31 heavy (non-hydrogen) atoms. The Morgan fingerprint density at radius 2 is 2.03 bits per heavy atom. The molecule has 0 radical (unpaired) electrons. The van der Waals surface area contributed by atoms with Crippen LogP contribution in [0.1, 0.15) is 34.0 Å². The zero-order valence-electron chi connectivity index (χ0n) is 16.6. The van der Waals surface area contributed by atoms with E-state index in [1.165, 1.54) is 13.0 Å². The number of alkyl halides is 3. The SMILES string of the molecule is Cc1cnc2c(C(=O)N[C@]3(c4ccc(C(F)(F)F)cc4F)COC[C@]3(C)O)ccn2c1. The maximum absolute atomic E-state index is 14.9. The molecule has 1 aliphatic heterocycles. The minimum Gasteiger partial charge on any atom is -0.385 e. The van der Waals surface area contributed by atoms with Crippen molar-refractivity contribution in [3.63, 3.8) is 0 Å². The maximum atomic E-state index is 14.9. The zero-order chi connectivity index (χ0) is 22.6. The van der Waals surface area contributed by atoms with Crippen LogP contribution in [0.3, 0.4) is 0 Å². The van der Waals surface area contributed by atoms with Crippen molar-refractivity contribution >= 4 is 11.6 Å². The summed E-state index contributed by atoms with van der Waals surface area (Å²) in [5, 5.41) is 13.6. The summed E-state index contributed by atoms with van der Waals surface area (Å²) in [6.45, 7) is 2.59. The van der Waals surface area contributed by atoms with Gasteiger partial charge in [-0.15, -0.1) is 0 Å². The summed E-state index contributed by atoms with van der Waals surface area (Å²) in [6, 6.07) is 3.48. The molecule has 0 saturated carbocycles. The fourth-order valence-corrected chi connectivity index (χ4v) is 3.86. The average Bonchev–Trinajstić information content (AvgIpc) is 3.21. The van der Waals surface area contributed by atoms with Crippen molar-refractivity contribution in [1.29, 1.82) is 0 Å². The van der Waals surface area contributed by atoms with Crippen LogP contribution in [0.15, 0.2) is 42.9 Å². The molecule has 0 spiro atoms. The van der Waals surface area contributed by atoms with Crippen LogP contribution in [0.4, 0.5) is 17.6 Å². The molecule has 2 atom stereocenters. The van der Waals surface area contributed by atoms with Crippen LogP contribution in [0, 0.1) is 12.7 Å². The highest BCUT2D eigenvalue weighted by Crippen LogP contribution is 2.41. The monoisotopic (exact) mass is 437 g/mol. The predicted molar refractivity (Wildman–Crippen MR) is 102 cm³/mol. The van der Waals surface area contributed by atoms with Crippen LogP contribution in [0.5, 0.6) is 0 Å². The number of benzene rings is 1. The number of aliphatic hydroxyl groups is 1. The molecule has 1 aromatic carbocycles. The van der Waals surface area contributed by atoms with Crippen LogP contribution >= 0.6 is 0 Å². The number of carbonyl (C=O) groups is 1. The molecule has 3 aromatic rings. The van der Waals surface area contributed by atoms with E-state index >= 15 is 0 Å². The van der Waals surface area contributed by atoms with Gasteiger partial charge in [0.15, 0.2) is 0 Å². The van der Waals surface area contributed by atoms with E-state index in [2.05, 4.69) is 10.3 Å². The smallest absolute Gasteiger partial charge is 0.385 e. The fourth-order valence-electron chi connectivity index (χ4n) is 3.86. The molecule has 1 fully saturated rings. The second kappa shape index (κ2) is 7.03. The highest BCUT2D eigenvalue weighted by Gasteiger charge is 2.56. The van der Waals surface area contributed by atoms with E-state index in [-0.39, 0.29) is 24.3 Å². The molecule has 2 aromatic heterocycles. The second-order valence-electron chi connectivity index (χ2n) is 7.91. The van der Waals surface area contributed by atoms with Crippen molar-refractivity contribution < 1.29 is 32.2 Å². The number of aryl methyl sites for hydroxylation is 1. The van der Waals surface area contributed by atoms with Crippen molar-refractivity contribution in [2.75, 3.05) is 13.2 Å². The molecule has 0 unspecified atom stereocenters. The Morgan fingerprint density at radius 3 is 2.65 bits per heavy atom. The van der Waals surface area contributed by atoms with Gasteiger partial charge in [-0.05, 0) is 37.6 Å². The first-order valence-corrected chi connectivity index (χ1v) is 9.38. The maximum Gasteiger partial charge on any atom is 0.416 e. The van der Waals surface area contributed by atoms with E-state index in [0.29, 0.717) is 17.8 Å². The summed E-state index contributed by atoms with van der Waals surface area (Å²) in [5.74, 6) is -1.89. The lowest BCUT2D eigenvalue weighted by Gasteiger charge is -2.39. The minimum absolute atomic E-state index is 0.161. The van der Waals surface area contributed by atoms with Crippen LogP contribution in [-0.2, 0) is 16.5 Å².